The molecule has 0 saturated carbocycles. The second kappa shape index (κ2) is 4.35. The van der Waals surface area contributed by atoms with Gasteiger partial charge < -0.3 is 0 Å². The van der Waals surface area contributed by atoms with Gasteiger partial charge in [0.1, 0.15) is 0 Å². The normalized spacial score (nSPS) is 22.3. The Balaban J connectivity index is 3.21. The average molecular weight is 226 g/mol. The molecule has 0 N–H and O–H groups in total. The molecule has 0 saturated heterocycles. The molecule has 0 fully saturated rings. The molecule has 0 bridgehead atoms. The Morgan fingerprint density at radius 1 is 1.33 bits per heavy atom. The molecule has 2 nitrogen and oxygen atoms in total. The van der Waals surface area contributed by atoms with E-state index in [2.05, 4.69) is 26.8 Å². The summed E-state index contributed by atoms with van der Waals surface area (Å²) in [5.74, 6) is 0.641. The van der Waals surface area contributed by atoms with Gasteiger partial charge in [-0.3, -0.25) is 0 Å². The summed E-state index contributed by atoms with van der Waals surface area (Å²) in [4.78, 5) is 0.409. The molecule has 0 aromatic heterocycles. The minimum Gasteiger partial charge on any atom is -0.224 e. The van der Waals surface area contributed by atoms with Crippen LogP contribution in [0.3, 0.4) is 0 Å². The molecule has 3 heteroatoms. The van der Waals surface area contributed by atoms with Crippen LogP contribution in [0.4, 0.5) is 0 Å². The molecule has 0 aromatic carbocycles. The Morgan fingerprint density at radius 2 is 1.93 bits per heavy atom. The van der Waals surface area contributed by atoms with Gasteiger partial charge in [-0.05, 0) is 29.6 Å². The summed E-state index contributed by atoms with van der Waals surface area (Å²) in [6.07, 6.45) is 8.75. The third kappa shape index (κ3) is 3.34. The van der Waals surface area contributed by atoms with Crippen LogP contribution in [0, 0.1) is 11.8 Å². The number of hydrogen-bond donors (Lipinski definition) is 0. The molecule has 0 radical (unpaired) electrons. The van der Waals surface area contributed by atoms with Crippen LogP contribution in [-0.4, -0.2) is 14.7 Å². The van der Waals surface area contributed by atoms with Crippen molar-refractivity contribution in [3.05, 3.63) is 34.8 Å². The van der Waals surface area contributed by atoms with E-state index in [-0.39, 0.29) is 5.92 Å². The van der Waals surface area contributed by atoms with E-state index in [0.717, 1.165) is 5.57 Å². The van der Waals surface area contributed by atoms with Gasteiger partial charge in [-0.15, -0.1) is 0 Å². The van der Waals surface area contributed by atoms with Gasteiger partial charge in [0.2, 0.25) is 0 Å². The highest BCUT2D eigenvalue weighted by molar-refractivity contribution is 7.94. The number of rotatable bonds is 2. The van der Waals surface area contributed by atoms with Crippen molar-refractivity contribution >= 4 is 9.84 Å². The fraction of sp³-hybridized carbons (Fsp3) is 0.500. The maximum Gasteiger partial charge on any atom is 0.175 e. The van der Waals surface area contributed by atoms with Crippen molar-refractivity contribution in [2.24, 2.45) is 11.8 Å². The summed E-state index contributed by atoms with van der Waals surface area (Å²) in [5.41, 5.74) is 1.09. The maximum atomic E-state index is 11.5. The second-order valence-electron chi connectivity index (χ2n) is 4.36. The fourth-order valence-electron chi connectivity index (χ4n) is 1.46. The van der Waals surface area contributed by atoms with E-state index < -0.39 is 9.84 Å². The molecule has 0 amide bonds. The topological polar surface area (TPSA) is 34.1 Å². The van der Waals surface area contributed by atoms with Crippen molar-refractivity contribution in [2.45, 2.75) is 20.8 Å². The van der Waals surface area contributed by atoms with Crippen molar-refractivity contribution < 1.29 is 8.42 Å². The second-order valence-corrected chi connectivity index (χ2v) is 6.37. The first kappa shape index (κ1) is 12.2. The smallest absolute Gasteiger partial charge is 0.175 e. The third-order valence-electron chi connectivity index (χ3n) is 2.42. The lowest BCUT2D eigenvalue weighted by Gasteiger charge is -2.07. The summed E-state index contributed by atoms with van der Waals surface area (Å²) < 4.78 is 22.9. The van der Waals surface area contributed by atoms with E-state index in [1.165, 1.54) is 6.26 Å². The molecular formula is C12H18O2S. The lowest BCUT2D eigenvalue weighted by molar-refractivity contribution is 0.608. The Labute approximate surface area is 92.3 Å². The zero-order chi connectivity index (χ0) is 11.6. The first-order valence-electron chi connectivity index (χ1n) is 5.12. The van der Waals surface area contributed by atoms with Crippen LogP contribution in [0.5, 0.6) is 0 Å². The molecule has 0 spiro atoms. The molecule has 0 aliphatic heterocycles. The van der Waals surface area contributed by atoms with Crippen LogP contribution < -0.4 is 0 Å². The van der Waals surface area contributed by atoms with Crippen LogP contribution in [0.25, 0.3) is 0 Å². The molecule has 84 valence electrons. The van der Waals surface area contributed by atoms with Gasteiger partial charge in [0, 0.05) is 6.26 Å². The molecule has 1 atom stereocenters. The van der Waals surface area contributed by atoms with Crippen molar-refractivity contribution in [2.75, 3.05) is 6.26 Å². The van der Waals surface area contributed by atoms with Gasteiger partial charge in [0.05, 0.1) is 4.91 Å². The van der Waals surface area contributed by atoms with E-state index in [1.54, 1.807) is 12.2 Å². The van der Waals surface area contributed by atoms with Crippen molar-refractivity contribution in [1.82, 2.24) is 0 Å². The molecular weight excluding hydrogens is 208 g/mol. The van der Waals surface area contributed by atoms with Crippen LogP contribution in [-0.2, 0) is 9.84 Å². The Morgan fingerprint density at radius 3 is 2.40 bits per heavy atom. The van der Waals surface area contributed by atoms with E-state index >= 15 is 0 Å². The van der Waals surface area contributed by atoms with Crippen molar-refractivity contribution in [3.8, 4) is 0 Å². The van der Waals surface area contributed by atoms with Crippen molar-refractivity contribution in [1.29, 1.82) is 0 Å². The van der Waals surface area contributed by atoms with Gasteiger partial charge in [0.25, 0.3) is 0 Å². The van der Waals surface area contributed by atoms with Gasteiger partial charge in [0.15, 0.2) is 9.84 Å². The average Bonchev–Trinajstić information content (AvgIpc) is 2.25. The monoisotopic (exact) mass is 226 g/mol. The quantitative estimate of drug-likeness (QED) is 0.725. The summed E-state index contributed by atoms with van der Waals surface area (Å²) in [6.45, 7) is 6.19. The van der Waals surface area contributed by atoms with Crippen LogP contribution >= 0.6 is 0 Å². The zero-order valence-electron chi connectivity index (χ0n) is 9.69. The third-order valence-corrected chi connectivity index (χ3v) is 3.53. The predicted octanol–water partition coefficient (Wildman–Crippen LogP) is 2.70. The highest BCUT2D eigenvalue weighted by Crippen LogP contribution is 2.23. The Hall–Kier alpha value is -0.830. The van der Waals surface area contributed by atoms with Crippen LogP contribution in [0.2, 0.25) is 0 Å². The summed E-state index contributed by atoms with van der Waals surface area (Å²) in [5, 5.41) is 0. The predicted molar refractivity (Wildman–Crippen MR) is 64.2 cm³/mol. The highest BCUT2D eigenvalue weighted by Gasteiger charge is 2.13. The molecule has 1 aliphatic rings. The van der Waals surface area contributed by atoms with Crippen molar-refractivity contribution in [3.63, 3.8) is 0 Å². The first-order valence-corrected chi connectivity index (χ1v) is 7.01. The van der Waals surface area contributed by atoms with E-state index in [4.69, 9.17) is 0 Å². The fourth-order valence-corrected chi connectivity index (χ4v) is 2.13. The van der Waals surface area contributed by atoms with E-state index in [0.29, 0.717) is 10.8 Å². The van der Waals surface area contributed by atoms with Crippen LogP contribution in [0.1, 0.15) is 20.8 Å². The minimum atomic E-state index is -3.11. The SMILES string of the molecule is CC1C=CC(S(C)(=O)=O)=CC(C(C)C)=C1. The molecule has 0 heterocycles. The number of allylic oxidation sites excluding steroid dienone is 5. The van der Waals surface area contributed by atoms with Gasteiger partial charge in [-0.1, -0.05) is 32.9 Å². The molecule has 1 unspecified atom stereocenters. The Bertz CT molecular complexity index is 423. The number of sulfone groups is 1. The number of hydrogen-bond acceptors (Lipinski definition) is 2. The standard InChI is InChI=1S/C12H18O2S/c1-9(2)11-7-10(3)5-6-12(8-11)15(4,13)14/h5-10H,1-4H3. The minimum absolute atomic E-state index is 0.290. The summed E-state index contributed by atoms with van der Waals surface area (Å²) in [6, 6.07) is 0. The lowest BCUT2D eigenvalue weighted by Crippen LogP contribution is -2.00. The largest absolute Gasteiger partial charge is 0.224 e. The molecule has 15 heavy (non-hydrogen) atoms. The molecule has 1 aliphatic carbocycles. The van der Waals surface area contributed by atoms with Gasteiger partial charge in [-0.2, -0.15) is 0 Å². The summed E-state index contributed by atoms with van der Waals surface area (Å²) in [7, 11) is -3.11. The zero-order valence-corrected chi connectivity index (χ0v) is 10.5. The first-order chi connectivity index (χ1) is 6.80. The summed E-state index contributed by atoms with van der Waals surface area (Å²) >= 11 is 0. The highest BCUT2D eigenvalue weighted by atomic mass is 32.2. The lowest BCUT2D eigenvalue weighted by atomic mass is 9.99. The van der Waals surface area contributed by atoms with E-state index in [9.17, 15) is 8.42 Å². The van der Waals surface area contributed by atoms with Gasteiger partial charge in [-0.25, -0.2) is 8.42 Å². The molecule has 0 aromatic rings. The Kier molecular flexibility index (Phi) is 3.55. The van der Waals surface area contributed by atoms with Crippen LogP contribution in [0.15, 0.2) is 34.8 Å². The van der Waals surface area contributed by atoms with E-state index in [1.807, 2.05) is 6.08 Å². The maximum absolute atomic E-state index is 11.5. The molecule has 1 rings (SSSR count). The van der Waals surface area contributed by atoms with Gasteiger partial charge >= 0.3 is 0 Å².